The van der Waals surface area contributed by atoms with E-state index in [-0.39, 0.29) is 11.9 Å². The van der Waals surface area contributed by atoms with Gasteiger partial charge in [0.05, 0.1) is 6.20 Å². The molecular weight excluding hydrogens is 319 g/mol. The molecule has 0 radical (unpaired) electrons. The van der Waals surface area contributed by atoms with Crippen molar-refractivity contribution in [1.29, 1.82) is 0 Å². The average Bonchev–Trinajstić information content (AvgIpc) is 2.46. The van der Waals surface area contributed by atoms with E-state index in [1.807, 2.05) is 12.1 Å². The van der Waals surface area contributed by atoms with E-state index in [0.29, 0.717) is 5.56 Å². The predicted octanol–water partition coefficient (Wildman–Crippen LogP) is 4.27. The minimum atomic E-state index is -0.252. The van der Waals surface area contributed by atoms with Crippen molar-refractivity contribution in [3.05, 3.63) is 64.1 Å². The van der Waals surface area contributed by atoms with Crippen LogP contribution in [0.5, 0.6) is 0 Å². The maximum absolute atomic E-state index is 13.9. The first kappa shape index (κ1) is 15.1. The van der Waals surface area contributed by atoms with Crippen molar-refractivity contribution in [2.24, 2.45) is 0 Å². The standard InChI is InChI=1S/C16H18BrFN2/c1-2-8-20-16(14-7-9-19-11-15(14)18)10-12-3-5-13(17)6-4-12/h3-7,9,11,16,20H,2,8,10H2,1H3. The van der Waals surface area contributed by atoms with E-state index in [1.54, 1.807) is 12.3 Å². The third kappa shape index (κ3) is 4.12. The van der Waals surface area contributed by atoms with Crippen LogP contribution in [0, 0.1) is 5.82 Å². The summed E-state index contributed by atoms with van der Waals surface area (Å²) in [6.07, 6.45) is 4.69. The predicted molar refractivity (Wildman–Crippen MR) is 83.1 cm³/mol. The van der Waals surface area contributed by atoms with Crippen molar-refractivity contribution in [1.82, 2.24) is 10.3 Å². The molecule has 1 aromatic carbocycles. The molecule has 0 bridgehead atoms. The van der Waals surface area contributed by atoms with Crippen molar-refractivity contribution < 1.29 is 4.39 Å². The normalized spacial score (nSPS) is 12.3. The highest BCUT2D eigenvalue weighted by Gasteiger charge is 2.15. The molecule has 1 N–H and O–H groups in total. The molecule has 0 aliphatic carbocycles. The number of hydrogen-bond donors (Lipinski definition) is 1. The summed E-state index contributed by atoms with van der Waals surface area (Å²) in [7, 11) is 0. The zero-order valence-electron chi connectivity index (χ0n) is 11.4. The van der Waals surface area contributed by atoms with Gasteiger partial charge < -0.3 is 5.32 Å². The van der Waals surface area contributed by atoms with Gasteiger partial charge in [-0.15, -0.1) is 0 Å². The van der Waals surface area contributed by atoms with Crippen LogP contribution in [0.2, 0.25) is 0 Å². The lowest BCUT2D eigenvalue weighted by Crippen LogP contribution is -2.25. The van der Waals surface area contributed by atoms with Gasteiger partial charge >= 0.3 is 0 Å². The van der Waals surface area contributed by atoms with Gasteiger partial charge in [0.25, 0.3) is 0 Å². The van der Waals surface area contributed by atoms with Crippen LogP contribution in [0.1, 0.15) is 30.5 Å². The summed E-state index contributed by atoms with van der Waals surface area (Å²) in [6.45, 7) is 2.97. The Morgan fingerprint density at radius 3 is 2.65 bits per heavy atom. The van der Waals surface area contributed by atoms with E-state index >= 15 is 0 Å². The fourth-order valence-corrected chi connectivity index (χ4v) is 2.40. The molecule has 2 rings (SSSR count). The Balaban J connectivity index is 2.19. The molecular formula is C16H18BrFN2. The summed E-state index contributed by atoms with van der Waals surface area (Å²) in [5.41, 5.74) is 1.86. The highest BCUT2D eigenvalue weighted by atomic mass is 79.9. The van der Waals surface area contributed by atoms with Crippen LogP contribution in [0.3, 0.4) is 0 Å². The van der Waals surface area contributed by atoms with Crippen molar-refractivity contribution in [2.45, 2.75) is 25.8 Å². The SMILES string of the molecule is CCCNC(Cc1ccc(Br)cc1)c1ccncc1F. The summed E-state index contributed by atoms with van der Waals surface area (Å²) in [5.74, 6) is -0.252. The molecule has 1 atom stereocenters. The molecule has 0 fully saturated rings. The van der Waals surface area contributed by atoms with Crippen molar-refractivity contribution >= 4 is 15.9 Å². The number of aromatic nitrogens is 1. The maximum Gasteiger partial charge on any atom is 0.146 e. The van der Waals surface area contributed by atoms with E-state index in [1.165, 1.54) is 11.8 Å². The number of hydrogen-bond acceptors (Lipinski definition) is 2. The second-order valence-electron chi connectivity index (χ2n) is 4.73. The van der Waals surface area contributed by atoms with Gasteiger partial charge in [-0.25, -0.2) is 4.39 Å². The first-order chi connectivity index (χ1) is 9.70. The van der Waals surface area contributed by atoms with Crippen LogP contribution < -0.4 is 5.32 Å². The monoisotopic (exact) mass is 336 g/mol. The Kier molecular flexibility index (Phi) is 5.68. The van der Waals surface area contributed by atoms with Gasteiger partial charge in [-0.05, 0) is 43.1 Å². The molecule has 0 amide bonds. The minimum Gasteiger partial charge on any atom is -0.310 e. The summed E-state index contributed by atoms with van der Waals surface area (Å²) in [5, 5.41) is 3.41. The fraction of sp³-hybridized carbons (Fsp3) is 0.312. The number of nitrogens with one attached hydrogen (secondary N) is 1. The number of benzene rings is 1. The largest absolute Gasteiger partial charge is 0.310 e. The van der Waals surface area contributed by atoms with Crippen LogP contribution in [-0.2, 0) is 6.42 Å². The van der Waals surface area contributed by atoms with Gasteiger partial charge in [-0.3, -0.25) is 4.98 Å². The summed E-state index contributed by atoms with van der Waals surface area (Å²) < 4.78 is 15.0. The van der Waals surface area contributed by atoms with Crippen LogP contribution in [-0.4, -0.2) is 11.5 Å². The molecule has 0 saturated carbocycles. The maximum atomic E-state index is 13.9. The van der Waals surface area contributed by atoms with Crippen molar-refractivity contribution in [3.8, 4) is 0 Å². The lowest BCUT2D eigenvalue weighted by molar-refractivity contribution is 0.495. The van der Waals surface area contributed by atoms with Crippen LogP contribution in [0.4, 0.5) is 4.39 Å². The lowest BCUT2D eigenvalue weighted by Gasteiger charge is -2.19. The van der Waals surface area contributed by atoms with Gasteiger partial charge in [0.2, 0.25) is 0 Å². The molecule has 0 aliphatic rings. The van der Waals surface area contributed by atoms with Gasteiger partial charge in [0.1, 0.15) is 5.82 Å². The van der Waals surface area contributed by atoms with Gasteiger partial charge in [-0.2, -0.15) is 0 Å². The van der Waals surface area contributed by atoms with Crippen molar-refractivity contribution in [2.75, 3.05) is 6.54 Å². The Morgan fingerprint density at radius 1 is 1.25 bits per heavy atom. The molecule has 0 aliphatic heterocycles. The Morgan fingerprint density at radius 2 is 2.00 bits per heavy atom. The third-order valence-electron chi connectivity index (χ3n) is 3.17. The van der Waals surface area contributed by atoms with E-state index < -0.39 is 0 Å². The Bertz CT molecular complexity index is 542. The van der Waals surface area contributed by atoms with E-state index in [9.17, 15) is 4.39 Å². The highest BCUT2D eigenvalue weighted by molar-refractivity contribution is 9.10. The number of nitrogens with zero attached hydrogens (tertiary/aromatic N) is 1. The van der Waals surface area contributed by atoms with Crippen LogP contribution >= 0.6 is 15.9 Å². The van der Waals surface area contributed by atoms with Gasteiger partial charge in [0.15, 0.2) is 0 Å². The molecule has 0 saturated heterocycles. The van der Waals surface area contributed by atoms with E-state index in [4.69, 9.17) is 0 Å². The fourth-order valence-electron chi connectivity index (χ4n) is 2.14. The number of halogens is 2. The molecule has 1 heterocycles. The third-order valence-corrected chi connectivity index (χ3v) is 3.70. The number of pyridine rings is 1. The summed E-state index contributed by atoms with van der Waals surface area (Å²) in [6, 6.07) is 9.86. The Hall–Kier alpha value is -1.26. The summed E-state index contributed by atoms with van der Waals surface area (Å²) in [4.78, 5) is 3.82. The molecule has 1 unspecified atom stereocenters. The lowest BCUT2D eigenvalue weighted by atomic mass is 9.99. The molecule has 20 heavy (non-hydrogen) atoms. The molecule has 1 aromatic heterocycles. The van der Waals surface area contributed by atoms with Gasteiger partial charge in [0, 0.05) is 22.3 Å². The average molecular weight is 337 g/mol. The van der Waals surface area contributed by atoms with Crippen molar-refractivity contribution in [3.63, 3.8) is 0 Å². The summed E-state index contributed by atoms with van der Waals surface area (Å²) >= 11 is 3.43. The first-order valence-electron chi connectivity index (χ1n) is 6.78. The van der Waals surface area contributed by atoms with E-state index in [0.717, 1.165) is 23.9 Å². The van der Waals surface area contributed by atoms with Crippen LogP contribution in [0.15, 0.2) is 47.2 Å². The first-order valence-corrected chi connectivity index (χ1v) is 7.57. The second-order valence-corrected chi connectivity index (χ2v) is 5.65. The van der Waals surface area contributed by atoms with E-state index in [2.05, 4.69) is 45.3 Å². The molecule has 2 nitrogen and oxygen atoms in total. The van der Waals surface area contributed by atoms with Crippen LogP contribution in [0.25, 0.3) is 0 Å². The van der Waals surface area contributed by atoms with Gasteiger partial charge in [-0.1, -0.05) is 35.0 Å². The Labute approximate surface area is 127 Å². The molecule has 4 heteroatoms. The topological polar surface area (TPSA) is 24.9 Å². The molecule has 106 valence electrons. The number of rotatable bonds is 6. The second kappa shape index (κ2) is 7.50. The minimum absolute atomic E-state index is 0.0286. The quantitative estimate of drug-likeness (QED) is 0.852. The zero-order valence-corrected chi connectivity index (χ0v) is 13.0. The zero-order chi connectivity index (χ0) is 14.4. The highest BCUT2D eigenvalue weighted by Crippen LogP contribution is 2.21. The molecule has 2 aromatic rings. The molecule has 0 spiro atoms. The smallest absolute Gasteiger partial charge is 0.146 e.